The number of carbonyl (C=O) groups is 1. The Balaban J connectivity index is 0.00000117. The maximum atomic E-state index is 13.9. The summed E-state index contributed by atoms with van der Waals surface area (Å²) in [5.41, 5.74) is 3.20. The number of pyridine rings is 1. The number of anilines is 1. The summed E-state index contributed by atoms with van der Waals surface area (Å²) in [6, 6.07) is 8.84. The first-order chi connectivity index (χ1) is 12.2. The van der Waals surface area contributed by atoms with Gasteiger partial charge in [0.15, 0.2) is 5.82 Å². The molecule has 1 amide bonds. The van der Waals surface area contributed by atoms with Crippen LogP contribution in [-0.4, -0.2) is 23.0 Å². The molecule has 0 saturated carbocycles. The first kappa shape index (κ1) is 20.3. The minimum absolute atomic E-state index is 0. The van der Waals surface area contributed by atoms with E-state index < -0.39 is 0 Å². The summed E-state index contributed by atoms with van der Waals surface area (Å²) in [5.74, 6) is 0.293. The number of halogens is 2. The van der Waals surface area contributed by atoms with Crippen LogP contribution >= 0.6 is 0 Å². The van der Waals surface area contributed by atoms with E-state index >= 15 is 0 Å². The number of hydrogen-bond acceptors (Lipinski definition) is 2. The highest BCUT2D eigenvalue weighted by Gasteiger charge is 2.10. The second-order valence-electron chi connectivity index (χ2n) is 4.69. The Labute approximate surface area is 148 Å². The van der Waals surface area contributed by atoms with Gasteiger partial charge in [-0.25, -0.2) is 9.37 Å². The first-order valence-corrected chi connectivity index (χ1v) is 8.07. The lowest BCUT2D eigenvalue weighted by Gasteiger charge is -2.09. The van der Waals surface area contributed by atoms with Crippen molar-refractivity contribution in [1.29, 1.82) is 0 Å². The van der Waals surface area contributed by atoms with Gasteiger partial charge in [-0.1, -0.05) is 32.9 Å². The number of nitrogens with one attached hydrogen (secondary N) is 1. The molecule has 0 saturated heterocycles. The average Bonchev–Trinajstić information content (AvgIpc) is 3.06. The summed E-state index contributed by atoms with van der Waals surface area (Å²) in [6.07, 6.45) is 4.82. The van der Waals surface area contributed by atoms with E-state index in [9.17, 15) is 13.6 Å². The van der Waals surface area contributed by atoms with Crippen LogP contribution in [-0.2, 0) is 11.2 Å². The van der Waals surface area contributed by atoms with Crippen LogP contribution in [0.5, 0.6) is 0 Å². The van der Waals surface area contributed by atoms with Crippen molar-refractivity contribution in [3.05, 3.63) is 54.1 Å². The lowest BCUT2D eigenvalue weighted by atomic mass is 9.99. The van der Waals surface area contributed by atoms with Crippen LogP contribution < -0.4 is 5.32 Å². The second kappa shape index (κ2) is 10.2. The van der Waals surface area contributed by atoms with E-state index in [1.165, 1.54) is 6.07 Å². The van der Waals surface area contributed by atoms with Gasteiger partial charge in [0, 0.05) is 7.62 Å². The monoisotopic (exact) mass is 349 g/mol. The summed E-state index contributed by atoms with van der Waals surface area (Å²) in [6.45, 7) is 5.93. The number of rotatable bonds is 4. The Morgan fingerprint density at radius 2 is 1.92 bits per heavy atom. The molecule has 0 bridgehead atoms. The third-order valence-corrected chi connectivity index (χ3v) is 3.44. The van der Waals surface area contributed by atoms with Crippen LogP contribution in [0.1, 0.15) is 27.8 Å². The molecule has 0 radical (unpaired) electrons. The molecular formula is C19H25F2N3O. The van der Waals surface area contributed by atoms with Crippen molar-refractivity contribution in [2.75, 3.05) is 12.5 Å². The molecule has 6 heteroatoms. The predicted octanol–water partition coefficient (Wildman–Crippen LogP) is 5.13. The van der Waals surface area contributed by atoms with Gasteiger partial charge in [-0.05, 0) is 41.3 Å². The summed E-state index contributed by atoms with van der Waals surface area (Å²) in [5, 5.41) is 2.52. The molecule has 0 spiro atoms. The molecule has 0 unspecified atom stereocenters. The van der Waals surface area contributed by atoms with Gasteiger partial charge in [-0.15, -0.1) is 0 Å². The SMILES string of the molecule is CC.CCc1c(F)cccc1-c1ccc2nc(NC=O)cn2c1.CF.[HH]. The molecule has 2 aromatic heterocycles. The number of imidazole rings is 1. The van der Waals surface area contributed by atoms with Crippen molar-refractivity contribution in [3.63, 3.8) is 0 Å². The van der Waals surface area contributed by atoms with Gasteiger partial charge in [0.05, 0.1) is 13.4 Å². The zero-order valence-corrected chi connectivity index (χ0v) is 14.9. The Hall–Kier alpha value is -2.76. The van der Waals surface area contributed by atoms with Crippen LogP contribution in [0.2, 0.25) is 0 Å². The lowest BCUT2D eigenvalue weighted by Crippen LogP contribution is -1.94. The van der Waals surface area contributed by atoms with E-state index in [4.69, 9.17) is 0 Å². The molecule has 1 N–H and O–H groups in total. The maximum Gasteiger partial charge on any atom is 0.212 e. The van der Waals surface area contributed by atoms with Gasteiger partial charge in [-0.3, -0.25) is 9.18 Å². The second-order valence-corrected chi connectivity index (χ2v) is 4.69. The summed E-state index contributed by atoms with van der Waals surface area (Å²) in [7, 11) is 0.500. The molecule has 1 aromatic carbocycles. The lowest BCUT2D eigenvalue weighted by molar-refractivity contribution is -0.105. The number of hydrogen-bond donors (Lipinski definition) is 1. The quantitative estimate of drug-likeness (QED) is 0.664. The van der Waals surface area contributed by atoms with E-state index in [-0.39, 0.29) is 7.24 Å². The number of benzene rings is 1. The van der Waals surface area contributed by atoms with Crippen LogP contribution in [0, 0.1) is 5.82 Å². The van der Waals surface area contributed by atoms with Gasteiger partial charge < -0.3 is 9.72 Å². The molecule has 25 heavy (non-hydrogen) atoms. The fraction of sp³-hybridized carbons (Fsp3) is 0.263. The molecule has 4 nitrogen and oxygen atoms in total. The van der Waals surface area contributed by atoms with Gasteiger partial charge in [0.25, 0.3) is 0 Å². The van der Waals surface area contributed by atoms with Crippen LogP contribution in [0.15, 0.2) is 42.7 Å². The highest BCUT2D eigenvalue weighted by Crippen LogP contribution is 2.27. The highest BCUT2D eigenvalue weighted by molar-refractivity contribution is 5.72. The summed E-state index contributed by atoms with van der Waals surface area (Å²) < 4.78 is 25.2. The smallest absolute Gasteiger partial charge is 0.212 e. The minimum atomic E-state index is -0.191. The van der Waals surface area contributed by atoms with Gasteiger partial charge in [0.2, 0.25) is 6.41 Å². The fourth-order valence-electron chi connectivity index (χ4n) is 2.47. The zero-order valence-electron chi connectivity index (χ0n) is 14.9. The highest BCUT2D eigenvalue weighted by atomic mass is 19.1. The number of nitrogens with zero attached hydrogens (tertiary/aromatic N) is 2. The van der Waals surface area contributed by atoms with Crippen LogP contribution in [0.25, 0.3) is 16.8 Å². The molecule has 136 valence electrons. The third kappa shape index (κ3) is 4.62. The Morgan fingerprint density at radius 1 is 1.20 bits per heavy atom. The third-order valence-electron chi connectivity index (χ3n) is 3.44. The zero-order chi connectivity index (χ0) is 18.8. The Bertz CT molecular complexity index is 822. The van der Waals surface area contributed by atoms with E-state index in [1.54, 1.807) is 12.3 Å². The number of amides is 1. The maximum absolute atomic E-state index is 13.9. The Morgan fingerprint density at radius 3 is 2.56 bits per heavy atom. The van der Waals surface area contributed by atoms with E-state index in [2.05, 4.69) is 10.3 Å². The molecule has 0 fully saturated rings. The van der Waals surface area contributed by atoms with Crippen molar-refractivity contribution in [3.8, 4) is 11.1 Å². The summed E-state index contributed by atoms with van der Waals surface area (Å²) in [4.78, 5) is 14.7. The van der Waals surface area contributed by atoms with Crippen molar-refractivity contribution < 1.29 is 15.0 Å². The molecule has 3 rings (SSSR count). The van der Waals surface area contributed by atoms with Crippen molar-refractivity contribution >= 4 is 17.9 Å². The number of aromatic nitrogens is 2. The average molecular weight is 349 g/mol. The van der Waals surface area contributed by atoms with Crippen molar-refractivity contribution in [2.45, 2.75) is 27.2 Å². The Kier molecular flexibility index (Phi) is 8.26. The predicted molar refractivity (Wildman–Crippen MR) is 100 cm³/mol. The van der Waals surface area contributed by atoms with Gasteiger partial charge >= 0.3 is 0 Å². The standard InChI is InChI=1S/C16H14FN3O.C2H6.CH3F.H2/c1-2-12-13(4-3-5-14(12)17)11-6-7-16-19-15(18-10-21)9-20(16)8-11;2*1-2;/h3-10H,2H2,1H3,(H,18,21);1-2H3;1H3;1H. The number of fused-ring (bicyclic) bond motifs is 1. The molecule has 0 atom stereocenters. The molecule has 0 aliphatic heterocycles. The first-order valence-electron chi connectivity index (χ1n) is 8.07. The van der Waals surface area contributed by atoms with Crippen molar-refractivity contribution in [1.82, 2.24) is 9.38 Å². The topological polar surface area (TPSA) is 46.4 Å². The molecule has 0 aliphatic rings. The molecule has 0 aliphatic carbocycles. The van der Waals surface area contributed by atoms with Crippen molar-refractivity contribution in [2.24, 2.45) is 0 Å². The van der Waals surface area contributed by atoms with Gasteiger partial charge in [0.1, 0.15) is 11.5 Å². The largest absolute Gasteiger partial charge is 0.312 e. The minimum Gasteiger partial charge on any atom is -0.312 e. The molecular weight excluding hydrogens is 324 g/mol. The molecule has 2 heterocycles. The normalized spacial score (nSPS) is 9.52. The molecule has 3 aromatic rings. The number of carbonyl (C=O) groups excluding carboxylic acids is 1. The van der Waals surface area contributed by atoms with Gasteiger partial charge in [-0.2, -0.15) is 0 Å². The van der Waals surface area contributed by atoms with Crippen LogP contribution in [0.3, 0.4) is 0 Å². The van der Waals surface area contributed by atoms with Crippen LogP contribution in [0.4, 0.5) is 14.6 Å². The summed E-state index contributed by atoms with van der Waals surface area (Å²) >= 11 is 0. The fourth-order valence-corrected chi connectivity index (χ4v) is 2.47. The number of alkyl halides is 1. The van der Waals surface area contributed by atoms with E-state index in [0.717, 1.165) is 16.8 Å². The van der Waals surface area contributed by atoms with E-state index in [1.807, 2.05) is 49.6 Å². The van der Waals surface area contributed by atoms with E-state index in [0.29, 0.717) is 31.4 Å².